The summed E-state index contributed by atoms with van der Waals surface area (Å²) >= 11 is 0. The summed E-state index contributed by atoms with van der Waals surface area (Å²) in [6.07, 6.45) is 1.84. The van der Waals surface area contributed by atoms with Crippen molar-refractivity contribution in [2.24, 2.45) is 0 Å². The Kier molecular flexibility index (Phi) is 2.90. The van der Waals surface area contributed by atoms with Crippen molar-refractivity contribution in [3.8, 4) is 0 Å². The SMILES string of the molecule is CC(C)c1cc2ncccc2c(C(C)C)n1. The molecule has 16 heavy (non-hydrogen) atoms. The van der Waals surface area contributed by atoms with Crippen LogP contribution in [0, 0.1) is 0 Å². The lowest BCUT2D eigenvalue weighted by atomic mass is 10.0. The monoisotopic (exact) mass is 214 g/mol. The van der Waals surface area contributed by atoms with Crippen molar-refractivity contribution in [3.63, 3.8) is 0 Å². The molecule has 0 aliphatic heterocycles. The van der Waals surface area contributed by atoms with E-state index in [0.717, 1.165) is 16.9 Å². The highest BCUT2D eigenvalue weighted by atomic mass is 14.8. The van der Waals surface area contributed by atoms with E-state index >= 15 is 0 Å². The lowest BCUT2D eigenvalue weighted by molar-refractivity contribution is 0.773. The molecule has 0 bridgehead atoms. The van der Waals surface area contributed by atoms with Crippen molar-refractivity contribution in [3.05, 3.63) is 35.8 Å². The molecule has 2 rings (SSSR count). The highest BCUT2D eigenvalue weighted by Gasteiger charge is 2.11. The molecular formula is C14H18N2. The fraction of sp³-hybridized carbons (Fsp3) is 0.429. The summed E-state index contributed by atoms with van der Waals surface area (Å²) < 4.78 is 0. The van der Waals surface area contributed by atoms with Crippen LogP contribution >= 0.6 is 0 Å². The van der Waals surface area contributed by atoms with E-state index in [2.05, 4.69) is 44.8 Å². The Bertz CT molecular complexity index is 501. The van der Waals surface area contributed by atoms with E-state index in [4.69, 9.17) is 4.98 Å². The van der Waals surface area contributed by atoms with E-state index in [1.807, 2.05) is 12.3 Å². The Morgan fingerprint density at radius 3 is 2.44 bits per heavy atom. The van der Waals surface area contributed by atoms with Crippen molar-refractivity contribution in [2.75, 3.05) is 0 Å². The molecule has 0 aromatic carbocycles. The van der Waals surface area contributed by atoms with Crippen LogP contribution in [0.4, 0.5) is 0 Å². The average molecular weight is 214 g/mol. The minimum atomic E-state index is 0.436. The maximum Gasteiger partial charge on any atom is 0.0738 e. The maximum absolute atomic E-state index is 4.76. The second-order valence-corrected chi connectivity index (χ2v) is 4.81. The molecule has 0 saturated carbocycles. The molecule has 0 spiro atoms. The molecule has 0 amide bonds. The zero-order valence-corrected chi connectivity index (χ0v) is 10.4. The maximum atomic E-state index is 4.76. The van der Waals surface area contributed by atoms with Gasteiger partial charge in [-0.1, -0.05) is 27.7 Å². The van der Waals surface area contributed by atoms with Crippen LogP contribution in [0.2, 0.25) is 0 Å². The predicted molar refractivity (Wildman–Crippen MR) is 67.7 cm³/mol. The van der Waals surface area contributed by atoms with Gasteiger partial charge in [0.05, 0.1) is 11.2 Å². The first-order valence-corrected chi connectivity index (χ1v) is 5.85. The fourth-order valence-electron chi connectivity index (χ4n) is 1.86. The van der Waals surface area contributed by atoms with Gasteiger partial charge in [0.15, 0.2) is 0 Å². The molecule has 0 fully saturated rings. The minimum absolute atomic E-state index is 0.436. The lowest BCUT2D eigenvalue weighted by Gasteiger charge is -2.13. The average Bonchev–Trinajstić information content (AvgIpc) is 2.27. The molecule has 0 N–H and O–H groups in total. The van der Waals surface area contributed by atoms with Gasteiger partial charge < -0.3 is 0 Å². The highest BCUT2D eigenvalue weighted by molar-refractivity contribution is 5.81. The predicted octanol–water partition coefficient (Wildman–Crippen LogP) is 3.88. The van der Waals surface area contributed by atoms with Gasteiger partial charge in [-0.15, -0.1) is 0 Å². The zero-order chi connectivity index (χ0) is 11.7. The molecule has 0 radical (unpaired) electrons. The smallest absolute Gasteiger partial charge is 0.0738 e. The van der Waals surface area contributed by atoms with Gasteiger partial charge in [0, 0.05) is 17.3 Å². The largest absolute Gasteiger partial charge is 0.257 e. The third-order valence-electron chi connectivity index (χ3n) is 2.79. The summed E-state index contributed by atoms with van der Waals surface area (Å²) in [6.45, 7) is 8.69. The molecule has 0 aliphatic carbocycles. The van der Waals surface area contributed by atoms with Gasteiger partial charge in [-0.3, -0.25) is 9.97 Å². The van der Waals surface area contributed by atoms with Crippen LogP contribution in [0.3, 0.4) is 0 Å². The molecule has 0 aliphatic rings. The van der Waals surface area contributed by atoms with Crippen LogP contribution in [0.15, 0.2) is 24.4 Å². The number of nitrogens with zero attached hydrogens (tertiary/aromatic N) is 2. The second-order valence-electron chi connectivity index (χ2n) is 4.81. The van der Waals surface area contributed by atoms with E-state index < -0.39 is 0 Å². The molecule has 0 saturated heterocycles. The Labute approximate surface area is 96.7 Å². The number of hydrogen-bond acceptors (Lipinski definition) is 2. The number of fused-ring (bicyclic) bond motifs is 1. The molecule has 84 valence electrons. The Balaban J connectivity index is 2.74. The normalized spacial score (nSPS) is 11.6. The summed E-state index contributed by atoms with van der Waals surface area (Å²) in [5.41, 5.74) is 3.36. The quantitative estimate of drug-likeness (QED) is 0.758. The molecular weight excluding hydrogens is 196 g/mol. The lowest BCUT2D eigenvalue weighted by Crippen LogP contribution is -2.01. The molecule has 2 aromatic rings. The van der Waals surface area contributed by atoms with Crippen LogP contribution in [0.5, 0.6) is 0 Å². The van der Waals surface area contributed by atoms with Crippen molar-refractivity contribution >= 4 is 10.9 Å². The van der Waals surface area contributed by atoms with Gasteiger partial charge in [0.25, 0.3) is 0 Å². The van der Waals surface area contributed by atoms with E-state index in [1.54, 1.807) is 0 Å². The standard InChI is InChI=1S/C14H18N2/c1-9(2)12-8-13-11(6-5-7-15-13)14(16-12)10(3)4/h5-10H,1-4H3. The summed E-state index contributed by atoms with van der Waals surface area (Å²) in [4.78, 5) is 9.19. The van der Waals surface area contributed by atoms with Gasteiger partial charge in [-0.2, -0.15) is 0 Å². The van der Waals surface area contributed by atoms with E-state index in [0.29, 0.717) is 11.8 Å². The number of aromatic nitrogens is 2. The number of hydrogen-bond donors (Lipinski definition) is 0. The van der Waals surface area contributed by atoms with Crippen LogP contribution < -0.4 is 0 Å². The van der Waals surface area contributed by atoms with Gasteiger partial charge in [-0.25, -0.2) is 0 Å². The van der Waals surface area contributed by atoms with Crippen molar-refractivity contribution < 1.29 is 0 Å². The summed E-state index contributed by atoms with van der Waals surface area (Å²) in [5, 5.41) is 1.18. The number of pyridine rings is 2. The first-order valence-electron chi connectivity index (χ1n) is 5.85. The van der Waals surface area contributed by atoms with Gasteiger partial charge in [0.2, 0.25) is 0 Å². The van der Waals surface area contributed by atoms with Crippen LogP contribution in [-0.2, 0) is 0 Å². The summed E-state index contributed by atoms with van der Waals surface area (Å²) in [5.74, 6) is 0.884. The van der Waals surface area contributed by atoms with Crippen LogP contribution in [0.25, 0.3) is 10.9 Å². The van der Waals surface area contributed by atoms with Gasteiger partial charge >= 0.3 is 0 Å². The zero-order valence-electron chi connectivity index (χ0n) is 10.4. The van der Waals surface area contributed by atoms with E-state index in [1.165, 1.54) is 5.39 Å². The van der Waals surface area contributed by atoms with Gasteiger partial charge in [-0.05, 0) is 30.0 Å². The molecule has 2 heterocycles. The van der Waals surface area contributed by atoms with Crippen LogP contribution in [-0.4, -0.2) is 9.97 Å². The van der Waals surface area contributed by atoms with Crippen molar-refractivity contribution in [1.82, 2.24) is 9.97 Å². The highest BCUT2D eigenvalue weighted by Crippen LogP contribution is 2.25. The van der Waals surface area contributed by atoms with Gasteiger partial charge in [0.1, 0.15) is 0 Å². The molecule has 2 nitrogen and oxygen atoms in total. The first kappa shape index (κ1) is 11.1. The second kappa shape index (κ2) is 4.20. The van der Waals surface area contributed by atoms with Crippen molar-refractivity contribution in [1.29, 1.82) is 0 Å². The van der Waals surface area contributed by atoms with E-state index in [9.17, 15) is 0 Å². The Morgan fingerprint density at radius 2 is 1.81 bits per heavy atom. The molecule has 0 unspecified atom stereocenters. The first-order chi connectivity index (χ1) is 7.59. The summed E-state index contributed by atoms with van der Waals surface area (Å²) in [6, 6.07) is 6.19. The van der Waals surface area contributed by atoms with E-state index in [-0.39, 0.29) is 0 Å². The summed E-state index contributed by atoms with van der Waals surface area (Å²) in [7, 11) is 0. The minimum Gasteiger partial charge on any atom is -0.257 e. The van der Waals surface area contributed by atoms with Crippen LogP contribution in [0.1, 0.15) is 50.9 Å². The third kappa shape index (κ3) is 1.92. The molecule has 2 heteroatoms. The topological polar surface area (TPSA) is 25.8 Å². The van der Waals surface area contributed by atoms with Crippen molar-refractivity contribution in [2.45, 2.75) is 39.5 Å². The number of rotatable bonds is 2. The molecule has 0 atom stereocenters. The Morgan fingerprint density at radius 1 is 1.06 bits per heavy atom. The molecule has 2 aromatic heterocycles. The fourth-order valence-corrected chi connectivity index (χ4v) is 1.86. The third-order valence-corrected chi connectivity index (χ3v) is 2.79. The Hall–Kier alpha value is -1.44.